The number of hydrogen-bond acceptors (Lipinski definition) is 4. The van der Waals surface area contributed by atoms with Crippen molar-refractivity contribution < 1.29 is 9.53 Å². The normalized spacial score (nSPS) is 12.8. The molecule has 0 saturated carbocycles. The predicted octanol–water partition coefficient (Wildman–Crippen LogP) is 0.897. The zero-order valence-electron chi connectivity index (χ0n) is 10.0. The highest BCUT2D eigenvalue weighted by Gasteiger charge is 2.16. The molecule has 1 unspecified atom stereocenters. The van der Waals surface area contributed by atoms with Gasteiger partial charge in [-0.25, -0.2) is 0 Å². The minimum absolute atomic E-state index is 0.313. The van der Waals surface area contributed by atoms with Gasteiger partial charge in [0.1, 0.15) is 6.04 Å². The van der Waals surface area contributed by atoms with E-state index in [9.17, 15) is 4.79 Å². The maximum absolute atomic E-state index is 11.3. The van der Waals surface area contributed by atoms with E-state index in [1.807, 2.05) is 30.8 Å². The summed E-state index contributed by atoms with van der Waals surface area (Å²) in [5.74, 6) is -0.374. The molecule has 0 spiro atoms. The van der Waals surface area contributed by atoms with Crippen LogP contribution >= 0.6 is 0 Å². The van der Waals surface area contributed by atoms with Crippen molar-refractivity contribution in [1.29, 1.82) is 0 Å². The summed E-state index contributed by atoms with van der Waals surface area (Å²) in [6, 6.07) is 1.56. The number of esters is 1. The van der Waals surface area contributed by atoms with E-state index in [0.717, 1.165) is 5.69 Å². The second-order valence-electron chi connectivity index (χ2n) is 3.94. The number of rotatable bonds is 5. The molecule has 0 fully saturated rings. The van der Waals surface area contributed by atoms with Gasteiger partial charge in [0.25, 0.3) is 0 Å². The van der Waals surface area contributed by atoms with Crippen molar-refractivity contribution in [2.75, 3.05) is 6.61 Å². The highest BCUT2D eigenvalue weighted by molar-refractivity contribution is 5.75. The van der Waals surface area contributed by atoms with Crippen LogP contribution in [0.2, 0.25) is 0 Å². The highest BCUT2D eigenvalue weighted by Crippen LogP contribution is 2.06. The standard InChI is InChI=1S/C11H19N3O2/c1-4-16-11(15)10(12)7-9-5-6-14(13-9)8(2)3/h5-6,8,10H,4,7,12H2,1-3H3. The summed E-state index contributed by atoms with van der Waals surface area (Å²) in [6.45, 7) is 6.20. The van der Waals surface area contributed by atoms with Gasteiger partial charge in [0.05, 0.1) is 12.3 Å². The molecule has 1 aromatic rings. The van der Waals surface area contributed by atoms with Crippen molar-refractivity contribution in [2.24, 2.45) is 5.73 Å². The van der Waals surface area contributed by atoms with Crippen LogP contribution in [0.4, 0.5) is 0 Å². The molecule has 5 heteroatoms. The number of nitrogens with zero attached hydrogens (tertiary/aromatic N) is 2. The fraction of sp³-hybridized carbons (Fsp3) is 0.636. The van der Waals surface area contributed by atoms with E-state index in [-0.39, 0.29) is 5.97 Å². The van der Waals surface area contributed by atoms with Crippen LogP contribution in [0, 0.1) is 0 Å². The molecule has 16 heavy (non-hydrogen) atoms. The summed E-state index contributed by atoms with van der Waals surface area (Å²) in [4.78, 5) is 11.3. The minimum atomic E-state index is -0.629. The fourth-order valence-electron chi connectivity index (χ4n) is 1.33. The number of hydrogen-bond donors (Lipinski definition) is 1. The molecule has 0 saturated heterocycles. The van der Waals surface area contributed by atoms with Crippen LogP contribution < -0.4 is 5.73 Å². The topological polar surface area (TPSA) is 70.1 Å². The van der Waals surface area contributed by atoms with Crippen LogP contribution in [0.15, 0.2) is 12.3 Å². The van der Waals surface area contributed by atoms with Gasteiger partial charge in [0.15, 0.2) is 0 Å². The predicted molar refractivity (Wildman–Crippen MR) is 60.9 cm³/mol. The molecule has 1 atom stereocenters. The third kappa shape index (κ3) is 3.34. The molecule has 0 aliphatic rings. The molecule has 0 aliphatic carbocycles. The SMILES string of the molecule is CCOC(=O)C(N)Cc1ccn(C(C)C)n1. The molecule has 90 valence electrons. The Hall–Kier alpha value is -1.36. The second kappa shape index (κ2) is 5.65. The van der Waals surface area contributed by atoms with Crippen LogP contribution in [0.25, 0.3) is 0 Å². The first kappa shape index (κ1) is 12.7. The van der Waals surface area contributed by atoms with E-state index in [4.69, 9.17) is 10.5 Å². The second-order valence-corrected chi connectivity index (χ2v) is 3.94. The van der Waals surface area contributed by atoms with Crippen LogP contribution in [0.1, 0.15) is 32.5 Å². The average Bonchev–Trinajstić information content (AvgIpc) is 2.66. The van der Waals surface area contributed by atoms with Gasteiger partial charge in [-0.05, 0) is 26.8 Å². The van der Waals surface area contributed by atoms with Gasteiger partial charge in [-0.3, -0.25) is 9.48 Å². The van der Waals surface area contributed by atoms with Crippen molar-refractivity contribution in [2.45, 2.75) is 39.3 Å². The lowest BCUT2D eigenvalue weighted by atomic mass is 10.2. The lowest BCUT2D eigenvalue weighted by Gasteiger charge is -2.08. The molecule has 0 bridgehead atoms. The molecule has 0 amide bonds. The number of aromatic nitrogens is 2. The Morgan fingerprint density at radius 2 is 2.31 bits per heavy atom. The van der Waals surface area contributed by atoms with E-state index in [1.54, 1.807) is 6.92 Å². The van der Waals surface area contributed by atoms with Crippen LogP contribution in [0.5, 0.6) is 0 Å². The van der Waals surface area contributed by atoms with Gasteiger partial charge in [-0.2, -0.15) is 5.10 Å². The number of carbonyl (C=O) groups is 1. The largest absolute Gasteiger partial charge is 0.465 e. The first-order valence-electron chi connectivity index (χ1n) is 5.50. The Bertz CT molecular complexity index is 347. The Morgan fingerprint density at radius 3 is 2.81 bits per heavy atom. The molecule has 0 aliphatic heterocycles. The molecule has 2 N–H and O–H groups in total. The van der Waals surface area contributed by atoms with Gasteiger partial charge < -0.3 is 10.5 Å². The smallest absolute Gasteiger partial charge is 0.323 e. The Balaban J connectivity index is 2.55. The Morgan fingerprint density at radius 1 is 1.62 bits per heavy atom. The molecule has 1 heterocycles. The van der Waals surface area contributed by atoms with Crippen molar-refractivity contribution in [3.05, 3.63) is 18.0 Å². The van der Waals surface area contributed by atoms with E-state index in [2.05, 4.69) is 5.10 Å². The molecular formula is C11H19N3O2. The van der Waals surface area contributed by atoms with Crippen molar-refractivity contribution in [3.8, 4) is 0 Å². The zero-order chi connectivity index (χ0) is 12.1. The van der Waals surface area contributed by atoms with Gasteiger partial charge in [-0.1, -0.05) is 0 Å². The maximum Gasteiger partial charge on any atom is 0.323 e. The summed E-state index contributed by atoms with van der Waals surface area (Å²) >= 11 is 0. The van der Waals surface area contributed by atoms with Crippen molar-refractivity contribution in [3.63, 3.8) is 0 Å². The van der Waals surface area contributed by atoms with E-state index in [1.165, 1.54) is 0 Å². The third-order valence-corrected chi connectivity index (χ3v) is 2.21. The molecule has 0 aromatic carbocycles. The fourth-order valence-corrected chi connectivity index (χ4v) is 1.33. The van der Waals surface area contributed by atoms with Crippen LogP contribution in [-0.2, 0) is 16.0 Å². The maximum atomic E-state index is 11.3. The van der Waals surface area contributed by atoms with E-state index in [0.29, 0.717) is 19.1 Å². The minimum Gasteiger partial charge on any atom is -0.465 e. The summed E-state index contributed by atoms with van der Waals surface area (Å²) < 4.78 is 6.67. The van der Waals surface area contributed by atoms with Crippen molar-refractivity contribution in [1.82, 2.24) is 9.78 Å². The van der Waals surface area contributed by atoms with Crippen molar-refractivity contribution >= 4 is 5.97 Å². The Labute approximate surface area is 95.6 Å². The summed E-state index contributed by atoms with van der Waals surface area (Å²) in [5, 5.41) is 4.32. The highest BCUT2D eigenvalue weighted by atomic mass is 16.5. The Kier molecular flexibility index (Phi) is 4.49. The first-order valence-corrected chi connectivity index (χ1v) is 5.50. The molecule has 1 aromatic heterocycles. The summed E-state index contributed by atoms with van der Waals surface area (Å²) in [7, 11) is 0. The number of ether oxygens (including phenoxy) is 1. The van der Waals surface area contributed by atoms with Gasteiger partial charge in [0.2, 0.25) is 0 Å². The quantitative estimate of drug-likeness (QED) is 0.756. The summed E-state index contributed by atoms with van der Waals surface area (Å²) in [6.07, 6.45) is 2.30. The number of carbonyl (C=O) groups excluding carboxylic acids is 1. The van der Waals surface area contributed by atoms with E-state index < -0.39 is 6.04 Å². The zero-order valence-corrected chi connectivity index (χ0v) is 10.0. The van der Waals surface area contributed by atoms with Gasteiger partial charge >= 0.3 is 5.97 Å². The molecule has 0 radical (unpaired) electrons. The third-order valence-electron chi connectivity index (χ3n) is 2.21. The van der Waals surface area contributed by atoms with E-state index >= 15 is 0 Å². The van der Waals surface area contributed by atoms with Gasteiger partial charge in [0, 0.05) is 18.7 Å². The lowest BCUT2D eigenvalue weighted by Crippen LogP contribution is -2.34. The molecular weight excluding hydrogens is 206 g/mol. The van der Waals surface area contributed by atoms with Crippen LogP contribution in [0.3, 0.4) is 0 Å². The molecule has 5 nitrogen and oxygen atoms in total. The summed E-state index contributed by atoms with van der Waals surface area (Å²) in [5.41, 5.74) is 6.51. The lowest BCUT2D eigenvalue weighted by molar-refractivity contribution is -0.144. The van der Waals surface area contributed by atoms with Gasteiger partial charge in [-0.15, -0.1) is 0 Å². The number of nitrogens with two attached hydrogens (primary N) is 1. The van der Waals surface area contributed by atoms with Crippen LogP contribution in [-0.4, -0.2) is 28.4 Å². The first-order chi connectivity index (χ1) is 7.54. The average molecular weight is 225 g/mol. The molecule has 1 rings (SSSR count). The monoisotopic (exact) mass is 225 g/mol.